The first-order valence-electron chi connectivity index (χ1n) is 5.98. The highest BCUT2D eigenvalue weighted by Crippen LogP contribution is 2.17. The number of carboxylic acid groups (broad SMARTS) is 1. The summed E-state index contributed by atoms with van der Waals surface area (Å²) >= 11 is 1.45. The molecule has 0 atom stereocenters. The molecule has 0 saturated carbocycles. The Balaban J connectivity index is 1.92. The molecular formula is C15H13NO3S. The molecule has 0 bridgehead atoms. The van der Waals surface area contributed by atoms with Gasteiger partial charge in [-0.3, -0.25) is 4.79 Å². The molecule has 20 heavy (non-hydrogen) atoms. The van der Waals surface area contributed by atoms with Crippen molar-refractivity contribution in [3.05, 3.63) is 63.9 Å². The molecule has 1 aromatic carbocycles. The van der Waals surface area contributed by atoms with Crippen molar-refractivity contribution in [1.29, 1.82) is 0 Å². The Hall–Kier alpha value is -2.40. The molecule has 0 aliphatic carbocycles. The number of nitrogens with one attached hydrogen (secondary N) is 1. The maximum atomic E-state index is 11.8. The highest BCUT2D eigenvalue weighted by Gasteiger charge is 2.05. The lowest BCUT2D eigenvalue weighted by Crippen LogP contribution is -2.22. The quantitative estimate of drug-likeness (QED) is 0.831. The highest BCUT2D eigenvalue weighted by molar-refractivity contribution is 7.12. The lowest BCUT2D eigenvalue weighted by atomic mass is 10.2. The van der Waals surface area contributed by atoms with E-state index < -0.39 is 5.97 Å². The first kappa shape index (κ1) is 14.0. The summed E-state index contributed by atoms with van der Waals surface area (Å²) in [5.74, 6) is -1.10. The van der Waals surface area contributed by atoms with Crippen molar-refractivity contribution in [3.8, 4) is 0 Å². The van der Waals surface area contributed by atoms with Gasteiger partial charge in [0.15, 0.2) is 0 Å². The van der Waals surface area contributed by atoms with Crippen LogP contribution in [0, 0.1) is 0 Å². The van der Waals surface area contributed by atoms with Crippen molar-refractivity contribution < 1.29 is 14.7 Å². The van der Waals surface area contributed by atoms with E-state index in [0.29, 0.717) is 12.1 Å². The molecular weight excluding hydrogens is 274 g/mol. The Bertz CT molecular complexity index is 632. The van der Waals surface area contributed by atoms with E-state index in [1.165, 1.54) is 17.4 Å². The van der Waals surface area contributed by atoms with Crippen LogP contribution in [0.1, 0.15) is 20.1 Å². The SMILES string of the molecule is O=C(O)C=Cc1ccc(CNC(=O)c2ccccc2)s1. The molecule has 0 spiro atoms. The first-order valence-corrected chi connectivity index (χ1v) is 6.80. The van der Waals surface area contributed by atoms with Gasteiger partial charge in [0.05, 0.1) is 6.54 Å². The maximum Gasteiger partial charge on any atom is 0.328 e. The number of carboxylic acids is 1. The van der Waals surface area contributed by atoms with Gasteiger partial charge in [-0.25, -0.2) is 4.79 Å². The summed E-state index contributed by atoms with van der Waals surface area (Å²) in [6.07, 6.45) is 2.63. The van der Waals surface area contributed by atoms with Crippen molar-refractivity contribution in [1.82, 2.24) is 5.32 Å². The molecule has 102 valence electrons. The third-order valence-corrected chi connectivity index (χ3v) is 3.58. The van der Waals surface area contributed by atoms with E-state index in [1.54, 1.807) is 12.1 Å². The number of hydrogen-bond donors (Lipinski definition) is 2. The summed E-state index contributed by atoms with van der Waals surface area (Å²) in [5, 5.41) is 11.4. The van der Waals surface area contributed by atoms with E-state index in [-0.39, 0.29) is 5.91 Å². The molecule has 0 aliphatic rings. The van der Waals surface area contributed by atoms with Crippen LogP contribution in [0.25, 0.3) is 6.08 Å². The van der Waals surface area contributed by atoms with Crippen molar-refractivity contribution in [2.45, 2.75) is 6.54 Å². The summed E-state index contributed by atoms with van der Waals surface area (Å²) in [6.45, 7) is 0.430. The minimum Gasteiger partial charge on any atom is -0.478 e. The molecule has 5 heteroatoms. The second kappa shape index (κ2) is 6.68. The third-order valence-electron chi connectivity index (χ3n) is 2.53. The number of thiophene rings is 1. The largest absolute Gasteiger partial charge is 0.478 e. The molecule has 1 aromatic heterocycles. The average Bonchev–Trinajstić information content (AvgIpc) is 2.91. The molecule has 0 saturated heterocycles. The zero-order chi connectivity index (χ0) is 14.4. The molecule has 0 unspecified atom stereocenters. The predicted molar refractivity (Wildman–Crippen MR) is 78.6 cm³/mol. The Morgan fingerprint density at radius 2 is 1.90 bits per heavy atom. The van der Waals surface area contributed by atoms with Crippen molar-refractivity contribution in [2.75, 3.05) is 0 Å². The zero-order valence-corrected chi connectivity index (χ0v) is 11.4. The Morgan fingerprint density at radius 3 is 2.60 bits per heavy atom. The van der Waals surface area contributed by atoms with E-state index in [2.05, 4.69) is 5.32 Å². The van der Waals surface area contributed by atoms with Gasteiger partial charge in [-0.2, -0.15) is 0 Å². The molecule has 1 heterocycles. The van der Waals surface area contributed by atoms with Crippen LogP contribution in [-0.2, 0) is 11.3 Å². The van der Waals surface area contributed by atoms with E-state index in [1.807, 2.05) is 30.3 Å². The number of amides is 1. The van der Waals surface area contributed by atoms with E-state index in [9.17, 15) is 9.59 Å². The van der Waals surface area contributed by atoms with E-state index >= 15 is 0 Å². The standard InChI is InChI=1S/C15H13NO3S/c17-14(18)9-8-12-6-7-13(20-12)10-16-15(19)11-4-2-1-3-5-11/h1-9H,10H2,(H,16,19)(H,17,18). The fraction of sp³-hybridized carbons (Fsp3) is 0.0667. The summed E-state index contributed by atoms with van der Waals surface area (Å²) < 4.78 is 0. The summed E-state index contributed by atoms with van der Waals surface area (Å²) in [6, 6.07) is 12.7. The van der Waals surface area contributed by atoms with Crippen LogP contribution < -0.4 is 5.32 Å². The Morgan fingerprint density at radius 1 is 1.15 bits per heavy atom. The van der Waals surface area contributed by atoms with Crippen LogP contribution in [0.2, 0.25) is 0 Å². The Labute approximate surface area is 120 Å². The van der Waals surface area contributed by atoms with Gasteiger partial charge in [-0.05, 0) is 30.3 Å². The monoisotopic (exact) mass is 287 g/mol. The third kappa shape index (κ3) is 4.07. The van der Waals surface area contributed by atoms with Crippen LogP contribution in [0.4, 0.5) is 0 Å². The number of hydrogen-bond acceptors (Lipinski definition) is 3. The fourth-order valence-corrected chi connectivity index (χ4v) is 2.45. The maximum absolute atomic E-state index is 11.8. The van der Waals surface area contributed by atoms with Crippen molar-refractivity contribution in [2.24, 2.45) is 0 Å². The average molecular weight is 287 g/mol. The molecule has 0 fully saturated rings. The minimum absolute atomic E-state index is 0.123. The van der Waals surface area contributed by atoms with Crippen LogP contribution in [0.5, 0.6) is 0 Å². The van der Waals surface area contributed by atoms with Gasteiger partial charge >= 0.3 is 5.97 Å². The van der Waals surface area contributed by atoms with Gasteiger partial charge in [0.25, 0.3) is 5.91 Å². The van der Waals surface area contributed by atoms with E-state index in [0.717, 1.165) is 15.8 Å². The van der Waals surface area contributed by atoms with Crippen LogP contribution >= 0.6 is 11.3 Å². The molecule has 2 rings (SSSR count). The molecule has 1 amide bonds. The molecule has 2 aromatic rings. The lowest BCUT2D eigenvalue weighted by Gasteiger charge is -2.02. The second-order valence-electron chi connectivity index (χ2n) is 4.02. The number of aliphatic carboxylic acids is 1. The summed E-state index contributed by atoms with van der Waals surface area (Å²) in [7, 11) is 0. The van der Waals surface area contributed by atoms with Gasteiger partial charge in [-0.15, -0.1) is 11.3 Å². The van der Waals surface area contributed by atoms with Gasteiger partial charge in [0, 0.05) is 21.4 Å². The van der Waals surface area contributed by atoms with E-state index in [4.69, 9.17) is 5.11 Å². The van der Waals surface area contributed by atoms with Crippen molar-refractivity contribution in [3.63, 3.8) is 0 Å². The number of carbonyl (C=O) groups excluding carboxylic acids is 1. The number of rotatable bonds is 5. The second-order valence-corrected chi connectivity index (χ2v) is 5.22. The normalized spacial score (nSPS) is 10.6. The fourth-order valence-electron chi connectivity index (χ4n) is 1.59. The molecule has 4 nitrogen and oxygen atoms in total. The van der Waals surface area contributed by atoms with Crippen LogP contribution in [0.3, 0.4) is 0 Å². The van der Waals surface area contributed by atoms with Gasteiger partial charge in [0.1, 0.15) is 0 Å². The number of carbonyl (C=O) groups is 2. The van der Waals surface area contributed by atoms with Crippen molar-refractivity contribution >= 4 is 29.3 Å². The topological polar surface area (TPSA) is 66.4 Å². The highest BCUT2D eigenvalue weighted by atomic mass is 32.1. The first-order chi connectivity index (χ1) is 9.65. The van der Waals surface area contributed by atoms with Gasteiger partial charge in [-0.1, -0.05) is 18.2 Å². The van der Waals surface area contributed by atoms with Gasteiger partial charge in [0.2, 0.25) is 0 Å². The Kier molecular flexibility index (Phi) is 4.68. The van der Waals surface area contributed by atoms with Gasteiger partial charge < -0.3 is 10.4 Å². The number of benzene rings is 1. The summed E-state index contributed by atoms with van der Waals surface area (Å²) in [5.41, 5.74) is 0.620. The molecule has 0 radical (unpaired) electrons. The minimum atomic E-state index is -0.975. The molecule has 0 aliphatic heterocycles. The lowest BCUT2D eigenvalue weighted by molar-refractivity contribution is -0.131. The predicted octanol–water partition coefficient (Wildman–Crippen LogP) is 2.78. The summed E-state index contributed by atoms with van der Waals surface area (Å²) in [4.78, 5) is 24.1. The smallest absolute Gasteiger partial charge is 0.328 e. The van der Waals surface area contributed by atoms with Crippen LogP contribution in [-0.4, -0.2) is 17.0 Å². The zero-order valence-electron chi connectivity index (χ0n) is 10.6. The molecule has 2 N–H and O–H groups in total. The van der Waals surface area contributed by atoms with Crippen LogP contribution in [0.15, 0.2) is 48.5 Å².